The quantitative estimate of drug-likeness (QED) is 0.894. The van der Waals surface area contributed by atoms with E-state index in [0.717, 1.165) is 12.8 Å². The Hall–Kier alpha value is -1.58. The molecule has 0 spiro atoms. The van der Waals surface area contributed by atoms with E-state index in [1.807, 2.05) is 11.8 Å². The molecule has 0 radical (unpaired) electrons. The summed E-state index contributed by atoms with van der Waals surface area (Å²) in [4.78, 5) is 18.2. The first kappa shape index (κ1) is 12.9. The summed E-state index contributed by atoms with van der Waals surface area (Å²) in [6.45, 7) is 2.64. The van der Waals surface area contributed by atoms with E-state index in [0.29, 0.717) is 12.6 Å². The molecule has 0 aromatic carbocycles. The predicted octanol–water partition coefficient (Wildman–Crippen LogP) is 2.58. The average molecular weight is 248 g/mol. The molecule has 2 rings (SSSR count). The SMILES string of the molecule is CCN(C(=O)c1ncccc1O)C1CCCCC1. The van der Waals surface area contributed by atoms with Gasteiger partial charge in [-0.15, -0.1) is 0 Å². The molecule has 0 bridgehead atoms. The van der Waals surface area contributed by atoms with Crippen molar-refractivity contribution in [1.82, 2.24) is 9.88 Å². The molecular weight excluding hydrogens is 228 g/mol. The molecule has 1 aliphatic carbocycles. The smallest absolute Gasteiger partial charge is 0.276 e. The lowest BCUT2D eigenvalue weighted by Gasteiger charge is -2.33. The lowest BCUT2D eigenvalue weighted by Crippen LogP contribution is -2.41. The van der Waals surface area contributed by atoms with Crippen LogP contribution in [0.1, 0.15) is 49.5 Å². The van der Waals surface area contributed by atoms with Gasteiger partial charge in [-0.1, -0.05) is 19.3 Å². The third kappa shape index (κ3) is 2.63. The van der Waals surface area contributed by atoms with Crippen molar-refractivity contribution in [2.45, 2.75) is 45.1 Å². The van der Waals surface area contributed by atoms with Crippen molar-refractivity contribution in [2.75, 3.05) is 6.54 Å². The van der Waals surface area contributed by atoms with E-state index in [2.05, 4.69) is 4.98 Å². The molecule has 1 aromatic heterocycles. The minimum absolute atomic E-state index is 0.0308. The highest BCUT2D eigenvalue weighted by molar-refractivity contribution is 5.95. The van der Waals surface area contributed by atoms with E-state index in [4.69, 9.17) is 0 Å². The van der Waals surface area contributed by atoms with Crippen molar-refractivity contribution in [2.24, 2.45) is 0 Å². The number of carbonyl (C=O) groups is 1. The summed E-state index contributed by atoms with van der Waals surface area (Å²) in [5.41, 5.74) is 0.171. The van der Waals surface area contributed by atoms with Crippen LogP contribution >= 0.6 is 0 Å². The minimum atomic E-state index is -0.150. The fourth-order valence-corrected chi connectivity index (χ4v) is 2.66. The third-order valence-corrected chi connectivity index (χ3v) is 3.61. The first-order chi connectivity index (χ1) is 8.74. The average Bonchev–Trinajstić information content (AvgIpc) is 2.41. The van der Waals surface area contributed by atoms with Crippen LogP contribution in [0.3, 0.4) is 0 Å². The van der Waals surface area contributed by atoms with Gasteiger partial charge in [-0.05, 0) is 31.9 Å². The lowest BCUT2D eigenvalue weighted by atomic mass is 9.94. The van der Waals surface area contributed by atoms with Crippen LogP contribution in [0.2, 0.25) is 0 Å². The zero-order chi connectivity index (χ0) is 13.0. The topological polar surface area (TPSA) is 53.4 Å². The van der Waals surface area contributed by atoms with Gasteiger partial charge in [0.15, 0.2) is 5.69 Å². The van der Waals surface area contributed by atoms with Crippen LogP contribution in [0.5, 0.6) is 5.75 Å². The molecular formula is C14H20N2O2. The summed E-state index contributed by atoms with van der Waals surface area (Å²) in [6, 6.07) is 3.44. The zero-order valence-electron chi connectivity index (χ0n) is 10.8. The van der Waals surface area contributed by atoms with E-state index in [9.17, 15) is 9.90 Å². The van der Waals surface area contributed by atoms with Crippen LogP contribution in [0.4, 0.5) is 0 Å². The standard InChI is InChI=1S/C14H20N2O2/c1-2-16(11-7-4-3-5-8-11)14(18)13-12(17)9-6-10-15-13/h6,9-11,17H,2-5,7-8H2,1H3. The van der Waals surface area contributed by atoms with Gasteiger partial charge in [0.2, 0.25) is 0 Å². The summed E-state index contributed by atoms with van der Waals surface area (Å²) in [7, 11) is 0. The summed E-state index contributed by atoms with van der Waals surface area (Å²) < 4.78 is 0. The minimum Gasteiger partial charge on any atom is -0.505 e. The number of aromatic hydroxyl groups is 1. The van der Waals surface area contributed by atoms with Crippen molar-refractivity contribution in [3.63, 3.8) is 0 Å². The number of carbonyl (C=O) groups excluding carboxylic acids is 1. The number of nitrogens with zero attached hydrogens (tertiary/aromatic N) is 2. The van der Waals surface area contributed by atoms with Gasteiger partial charge in [-0.3, -0.25) is 4.79 Å². The molecule has 1 N–H and O–H groups in total. The fourth-order valence-electron chi connectivity index (χ4n) is 2.66. The van der Waals surface area contributed by atoms with Crippen LogP contribution in [0.25, 0.3) is 0 Å². The summed E-state index contributed by atoms with van der Waals surface area (Å²) in [5, 5.41) is 9.71. The maximum Gasteiger partial charge on any atom is 0.276 e. The molecule has 0 aliphatic heterocycles. The molecule has 4 heteroatoms. The number of hydrogen-bond acceptors (Lipinski definition) is 3. The number of hydrogen-bond donors (Lipinski definition) is 1. The summed E-state index contributed by atoms with van der Waals surface area (Å²) >= 11 is 0. The van der Waals surface area contributed by atoms with Crippen molar-refractivity contribution < 1.29 is 9.90 Å². The largest absolute Gasteiger partial charge is 0.505 e. The molecule has 98 valence electrons. The molecule has 1 fully saturated rings. The highest BCUT2D eigenvalue weighted by Crippen LogP contribution is 2.25. The third-order valence-electron chi connectivity index (χ3n) is 3.61. The Morgan fingerprint density at radius 3 is 2.78 bits per heavy atom. The van der Waals surface area contributed by atoms with Gasteiger partial charge < -0.3 is 10.0 Å². The maximum absolute atomic E-state index is 12.4. The Bertz CT molecular complexity index is 414. The van der Waals surface area contributed by atoms with Gasteiger partial charge in [0.25, 0.3) is 5.91 Å². The van der Waals surface area contributed by atoms with Gasteiger partial charge in [0.05, 0.1) is 0 Å². The molecule has 1 saturated carbocycles. The Morgan fingerprint density at radius 1 is 1.44 bits per heavy atom. The molecule has 1 aromatic rings. The molecule has 1 heterocycles. The van der Waals surface area contributed by atoms with Crippen LogP contribution < -0.4 is 0 Å². The fraction of sp³-hybridized carbons (Fsp3) is 0.571. The van der Waals surface area contributed by atoms with Gasteiger partial charge in [-0.2, -0.15) is 0 Å². The van der Waals surface area contributed by atoms with E-state index in [1.165, 1.54) is 25.3 Å². The summed E-state index contributed by atoms with van der Waals surface area (Å²) in [6.07, 6.45) is 7.30. The van der Waals surface area contributed by atoms with Crippen molar-refractivity contribution in [3.8, 4) is 5.75 Å². The molecule has 4 nitrogen and oxygen atoms in total. The van der Waals surface area contributed by atoms with Gasteiger partial charge >= 0.3 is 0 Å². The first-order valence-corrected chi connectivity index (χ1v) is 6.69. The number of rotatable bonds is 3. The van der Waals surface area contributed by atoms with Crippen LogP contribution in [0.15, 0.2) is 18.3 Å². The molecule has 0 saturated heterocycles. The Balaban J connectivity index is 2.17. The van der Waals surface area contributed by atoms with Crippen molar-refractivity contribution >= 4 is 5.91 Å². The van der Waals surface area contributed by atoms with Crippen LogP contribution in [-0.2, 0) is 0 Å². The predicted molar refractivity (Wildman–Crippen MR) is 69.5 cm³/mol. The molecule has 0 atom stereocenters. The van der Waals surface area contributed by atoms with E-state index >= 15 is 0 Å². The molecule has 1 aliphatic rings. The molecule has 18 heavy (non-hydrogen) atoms. The van der Waals surface area contributed by atoms with E-state index in [1.54, 1.807) is 12.3 Å². The highest BCUT2D eigenvalue weighted by Gasteiger charge is 2.27. The van der Waals surface area contributed by atoms with Crippen molar-refractivity contribution in [3.05, 3.63) is 24.0 Å². The van der Waals surface area contributed by atoms with Crippen molar-refractivity contribution in [1.29, 1.82) is 0 Å². The number of aromatic nitrogens is 1. The van der Waals surface area contributed by atoms with Gasteiger partial charge in [0.1, 0.15) is 5.75 Å². The number of amides is 1. The molecule has 0 unspecified atom stereocenters. The van der Waals surface area contributed by atoms with Crippen LogP contribution in [-0.4, -0.2) is 33.5 Å². The Labute approximate surface area is 108 Å². The second-order valence-corrected chi connectivity index (χ2v) is 4.75. The normalized spacial score (nSPS) is 16.5. The van der Waals surface area contributed by atoms with E-state index < -0.39 is 0 Å². The zero-order valence-corrected chi connectivity index (χ0v) is 10.8. The van der Waals surface area contributed by atoms with Gasteiger partial charge in [0, 0.05) is 18.8 Å². The summed E-state index contributed by atoms with van der Waals surface area (Å²) in [5.74, 6) is -0.181. The maximum atomic E-state index is 12.4. The number of pyridine rings is 1. The first-order valence-electron chi connectivity index (χ1n) is 6.69. The molecule has 1 amide bonds. The monoisotopic (exact) mass is 248 g/mol. The second kappa shape index (κ2) is 5.85. The Kier molecular flexibility index (Phi) is 4.18. The Morgan fingerprint density at radius 2 is 2.17 bits per heavy atom. The van der Waals surface area contributed by atoms with Crippen LogP contribution in [0, 0.1) is 0 Å². The van der Waals surface area contributed by atoms with Gasteiger partial charge in [-0.25, -0.2) is 4.98 Å². The van der Waals surface area contributed by atoms with E-state index in [-0.39, 0.29) is 17.4 Å². The lowest BCUT2D eigenvalue weighted by molar-refractivity contribution is 0.0638. The highest BCUT2D eigenvalue weighted by atomic mass is 16.3. The second-order valence-electron chi connectivity index (χ2n) is 4.75.